The van der Waals surface area contributed by atoms with Gasteiger partial charge in [-0.1, -0.05) is 0 Å². The van der Waals surface area contributed by atoms with Crippen molar-refractivity contribution in [2.75, 3.05) is 55.0 Å². The number of hydrogen-bond donors (Lipinski definition) is 0. The number of aromatic nitrogens is 4. The molecule has 3 aromatic heterocycles. The molecule has 1 aliphatic rings. The second-order valence-corrected chi connectivity index (χ2v) is 9.37. The SMILES string of the molecule is CN1CCN(c2cc(N(C)c3cccnc3)c(N(C=O)Cc3ccc(-c4nnc(C(F)F)o4)cn3)cc2F)CC1. The average Bonchev–Trinajstić information content (AvgIpc) is 3.48. The van der Waals surface area contributed by atoms with Gasteiger partial charge in [-0.3, -0.25) is 14.8 Å². The number of piperazine rings is 1. The minimum Gasteiger partial charge on any atom is -0.415 e. The first-order chi connectivity index (χ1) is 19.3. The summed E-state index contributed by atoms with van der Waals surface area (Å²) < 4.78 is 46.1. The molecule has 5 rings (SSSR count). The van der Waals surface area contributed by atoms with Gasteiger partial charge in [-0.15, -0.1) is 10.2 Å². The monoisotopic (exact) mass is 552 g/mol. The van der Waals surface area contributed by atoms with Crippen LogP contribution < -0.4 is 14.7 Å². The number of benzene rings is 1. The fourth-order valence-electron chi connectivity index (χ4n) is 4.46. The van der Waals surface area contributed by atoms with Crippen LogP contribution in [0.5, 0.6) is 0 Å². The van der Waals surface area contributed by atoms with Gasteiger partial charge in [-0.25, -0.2) is 4.39 Å². The summed E-state index contributed by atoms with van der Waals surface area (Å²) in [6.07, 6.45) is 2.48. The lowest BCUT2D eigenvalue weighted by molar-refractivity contribution is -0.107. The fraction of sp³-hybridized carbons (Fsp3) is 0.296. The molecule has 0 unspecified atom stereocenters. The molecular weight excluding hydrogens is 525 g/mol. The Bertz CT molecular complexity index is 1440. The first kappa shape index (κ1) is 27.1. The molecule has 208 valence electrons. The van der Waals surface area contributed by atoms with E-state index in [9.17, 15) is 13.6 Å². The Morgan fingerprint density at radius 2 is 1.88 bits per heavy atom. The highest BCUT2D eigenvalue weighted by atomic mass is 19.3. The van der Waals surface area contributed by atoms with Crippen LogP contribution in [0.2, 0.25) is 0 Å². The average molecular weight is 553 g/mol. The van der Waals surface area contributed by atoms with Gasteiger partial charge in [0.05, 0.1) is 46.7 Å². The molecule has 4 heterocycles. The van der Waals surface area contributed by atoms with Crippen LogP contribution in [-0.4, -0.2) is 71.7 Å². The Kier molecular flexibility index (Phi) is 7.91. The van der Waals surface area contributed by atoms with Gasteiger partial charge in [-0.05, 0) is 37.4 Å². The first-order valence-corrected chi connectivity index (χ1v) is 12.5. The van der Waals surface area contributed by atoms with Crippen LogP contribution in [0, 0.1) is 5.82 Å². The zero-order chi connectivity index (χ0) is 28.2. The summed E-state index contributed by atoms with van der Waals surface area (Å²) in [4.78, 5) is 28.3. The summed E-state index contributed by atoms with van der Waals surface area (Å²) in [5.41, 5.74) is 3.00. The van der Waals surface area contributed by atoms with Gasteiger partial charge >= 0.3 is 6.43 Å². The molecule has 1 amide bonds. The summed E-state index contributed by atoms with van der Waals surface area (Å²) in [7, 11) is 3.86. The highest BCUT2D eigenvalue weighted by Crippen LogP contribution is 2.39. The molecule has 0 aliphatic carbocycles. The third-order valence-electron chi connectivity index (χ3n) is 6.75. The van der Waals surface area contributed by atoms with Crippen molar-refractivity contribution in [1.82, 2.24) is 25.1 Å². The minimum atomic E-state index is -2.88. The van der Waals surface area contributed by atoms with Crippen LogP contribution in [0.1, 0.15) is 18.0 Å². The molecule has 0 spiro atoms. The molecule has 40 heavy (non-hydrogen) atoms. The number of carbonyl (C=O) groups is 1. The molecular formula is C27H27F3N8O2. The molecule has 0 atom stereocenters. The number of likely N-dealkylation sites (N-methyl/N-ethyl adjacent to an activating group) is 1. The number of nitrogens with zero attached hydrogens (tertiary/aromatic N) is 8. The first-order valence-electron chi connectivity index (χ1n) is 12.5. The van der Waals surface area contributed by atoms with Gasteiger partial charge < -0.3 is 24.0 Å². The predicted octanol–water partition coefficient (Wildman–Crippen LogP) is 4.29. The molecule has 1 aromatic carbocycles. The maximum atomic E-state index is 15.6. The number of pyridine rings is 2. The molecule has 4 aromatic rings. The van der Waals surface area contributed by atoms with Crippen LogP contribution in [-0.2, 0) is 11.3 Å². The third kappa shape index (κ3) is 5.73. The van der Waals surface area contributed by atoms with Crippen molar-refractivity contribution >= 4 is 29.2 Å². The van der Waals surface area contributed by atoms with Crippen molar-refractivity contribution in [3.63, 3.8) is 0 Å². The van der Waals surface area contributed by atoms with Gasteiger partial charge in [0.1, 0.15) is 5.82 Å². The van der Waals surface area contributed by atoms with Crippen LogP contribution in [0.4, 0.5) is 35.9 Å². The van der Waals surface area contributed by atoms with E-state index in [1.807, 2.05) is 30.0 Å². The topological polar surface area (TPSA) is 94.7 Å². The van der Waals surface area contributed by atoms with Crippen molar-refractivity contribution in [1.29, 1.82) is 0 Å². The van der Waals surface area contributed by atoms with E-state index in [0.29, 0.717) is 47.8 Å². The lowest BCUT2D eigenvalue weighted by atomic mass is 10.1. The lowest BCUT2D eigenvalue weighted by Gasteiger charge is -2.35. The summed E-state index contributed by atoms with van der Waals surface area (Å²) in [6, 6.07) is 9.98. The van der Waals surface area contributed by atoms with Gasteiger partial charge in [-0.2, -0.15) is 8.78 Å². The van der Waals surface area contributed by atoms with Crippen LogP contribution in [0.25, 0.3) is 11.5 Å². The normalized spacial score (nSPS) is 14.0. The number of rotatable bonds is 9. The van der Waals surface area contributed by atoms with Gasteiger partial charge in [0.25, 0.3) is 5.89 Å². The van der Waals surface area contributed by atoms with Crippen molar-refractivity contribution in [3.05, 3.63) is 72.4 Å². The number of alkyl halides is 2. The van der Waals surface area contributed by atoms with E-state index >= 15 is 4.39 Å². The predicted molar refractivity (Wildman–Crippen MR) is 143 cm³/mol. The number of amides is 1. The Labute approximate surface area is 228 Å². The van der Waals surface area contributed by atoms with Gasteiger partial charge in [0.15, 0.2) is 0 Å². The Morgan fingerprint density at radius 1 is 1.07 bits per heavy atom. The van der Waals surface area contributed by atoms with Crippen molar-refractivity contribution in [2.24, 2.45) is 0 Å². The lowest BCUT2D eigenvalue weighted by Crippen LogP contribution is -2.44. The van der Waals surface area contributed by atoms with Gasteiger partial charge in [0, 0.05) is 51.7 Å². The smallest absolute Gasteiger partial charge is 0.314 e. The molecule has 0 bridgehead atoms. The molecule has 0 saturated carbocycles. The number of hydrogen-bond acceptors (Lipinski definition) is 9. The van der Waals surface area contributed by atoms with E-state index in [4.69, 9.17) is 4.42 Å². The van der Waals surface area contributed by atoms with Gasteiger partial charge in [0.2, 0.25) is 12.3 Å². The molecule has 0 radical (unpaired) electrons. The second-order valence-electron chi connectivity index (χ2n) is 9.37. The molecule has 0 N–H and O–H groups in total. The van der Waals surface area contributed by atoms with E-state index in [-0.39, 0.29) is 12.4 Å². The van der Waals surface area contributed by atoms with Crippen LogP contribution >= 0.6 is 0 Å². The number of anilines is 4. The standard InChI is InChI=1S/C27H27F3N8O2/c1-35-8-10-37(11-9-35)22-13-23(36(2)20-4-3-7-31-15-20)24(12-21(22)28)38(17-39)16-19-6-5-18(14-32-19)26-33-34-27(40-26)25(29)30/h3-7,12-15,17,25H,8-11,16H2,1-2H3. The molecule has 1 aliphatic heterocycles. The number of carbonyl (C=O) groups excluding carboxylic acids is 1. The number of halogens is 3. The largest absolute Gasteiger partial charge is 0.415 e. The fourth-order valence-corrected chi connectivity index (χ4v) is 4.46. The minimum absolute atomic E-state index is 0.0249. The van der Waals surface area contributed by atoms with Crippen LogP contribution in [0.3, 0.4) is 0 Å². The Balaban J connectivity index is 1.46. The van der Waals surface area contributed by atoms with E-state index in [1.54, 1.807) is 36.7 Å². The highest BCUT2D eigenvalue weighted by Gasteiger charge is 2.24. The highest BCUT2D eigenvalue weighted by molar-refractivity contribution is 5.88. The van der Waals surface area contributed by atoms with Crippen molar-refractivity contribution in [2.45, 2.75) is 13.0 Å². The summed E-state index contributed by atoms with van der Waals surface area (Å²) in [5.74, 6) is -1.31. The molecule has 10 nitrogen and oxygen atoms in total. The summed E-state index contributed by atoms with van der Waals surface area (Å²) >= 11 is 0. The second kappa shape index (κ2) is 11.7. The maximum Gasteiger partial charge on any atom is 0.314 e. The quantitative estimate of drug-likeness (QED) is 0.282. The van der Waals surface area contributed by atoms with E-state index < -0.39 is 18.1 Å². The Morgan fingerprint density at radius 3 is 2.50 bits per heavy atom. The molecule has 1 fully saturated rings. The van der Waals surface area contributed by atoms with Crippen molar-refractivity contribution in [3.8, 4) is 11.5 Å². The summed E-state index contributed by atoms with van der Waals surface area (Å²) in [6.45, 7) is 3.00. The molecule has 13 heteroatoms. The van der Waals surface area contributed by atoms with E-state index in [1.165, 1.54) is 17.2 Å². The third-order valence-corrected chi connectivity index (χ3v) is 6.75. The zero-order valence-corrected chi connectivity index (χ0v) is 21.9. The molecule has 1 saturated heterocycles. The van der Waals surface area contributed by atoms with Crippen molar-refractivity contribution < 1.29 is 22.4 Å². The van der Waals surface area contributed by atoms with Crippen LogP contribution in [0.15, 0.2) is 59.4 Å². The van der Waals surface area contributed by atoms with E-state index in [2.05, 4.69) is 25.1 Å². The zero-order valence-electron chi connectivity index (χ0n) is 21.9. The maximum absolute atomic E-state index is 15.6. The summed E-state index contributed by atoms with van der Waals surface area (Å²) in [5, 5.41) is 6.94. The van der Waals surface area contributed by atoms with E-state index in [0.717, 1.165) is 18.8 Å². The Hall–Kier alpha value is -4.52.